The van der Waals surface area contributed by atoms with Gasteiger partial charge < -0.3 is 9.64 Å². The Kier molecular flexibility index (Phi) is 5.56. The summed E-state index contributed by atoms with van der Waals surface area (Å²) in [5, 5.41) is 1.94. The van der Waals surface area contributed by atoms with Crippen molar-refractivity contribution in [3.8, 4) is 0 Å². The van der Waals surface area contributed by atoms with Gasteiger partial charge in [-0.2, -0.15) is 0 Å². The largest absolute Gasteiger partial charge is 0.449 e. The highest BCUT2D eigenvalue weighted by Crippen LogP contribution is 2.40. The zero-order valence-electron chi connectivity index (χ0n) is 16.5. The number of hydrogen-bond donors (Lipinski definition) is 0. The van der Waals surface area contributed by atoms with Crippen LogP contribution in [0.3, 0.4) is 0 Å². The molecule has 144 valence electrons. The quantitative estimate of drug-likeness (QED) is 0.739. The van der Waals surface area contributed by atoms with Crippen molar-refractivity contribution in [3.05, 3.63) is 45.1 Å². The lowest BCUT2D eigenvalue weighted by atomic mass is 10.00. The number of thiophene rings is 1. The van der Waals surface area contributed by atoms with Gasteiger partial charge in [-0.15, -0.1) is 11.3 Å². The number of carbonyl (C=O) groups excluding carboxylic acids is 2. The first-order valence-corrected chi connectivity index (χ1v) is 10.2. The Balaban J connectivity index is 2.14. The first kappa shape index (κ1) is 19.4. The number of hydrogen-bond acceptors (Lipinski definition) is 4. The molecule has 1 atom stereocenters. The monoisotopic (exact) mass is 386 g/mol. The summed E-state index contributed by atoms with van der Waals surface area (Å²) < 4.78 is 5.31. The lowest BCUT2D eigenvalue weighted by Crippen LogP contribution is -2.53. The highest BCUT2D eigenvalue weighted by molar-refractivity contribution is 7.12. The summed E-state index contributed by atoms with van der Waals surface area (Å²) in [4.78, 5) is 30.3. The van der Waals surface area contributed by atoms with Gasteiger partial charge in [0.25, 0.3) is 5.91 Å². The summed E-state index contributed by atoms with van der Waals surface area (Å²) in [5.41, 5.74) is 4.68. The minimum Gasteiger partial charge on any atom is -0.449 e. The van der Waals surface area contributed by atoms with E-state index in [-0.39, 0.29) is 18.0 Å². The maximum absolute atomic E-state index is 13.3. The Morgan fingerprint density at radius 3 is 2.33 bits per heavy atom. The number of carbonyl (C=O) groups is 2. The number of fused-ring (bicyclic) bond motifs is 1. The van der Waals surface area contributed by atoms with Crippen LogP contribution in [-0.4, -0.2) is 31.2 Å². The van der Waals surface area contributed by atoms with Gasteiger partial charge in [-0.1, -0.05) is 6.92 Å². The van der Waals surface area contributed by atoms with E-state index in [9.17, 15) is 9.59 Å². The van der Waals surface area contributed by atoms with Gasteiger partial charge in [-0.25, -0.2) is 4.79 Å². The van der Waals surface area contributed by atoms with Gasteiger partial charge in [0.05, 0.1) is 28.9 Å². The van der Waals surface area contributed by atoms with Crippen LogP contribution in [0.1, 0.15) is 46.6 Å². The Morgan fingerprint density at radius 1 is 1.11 bits per heavy atom. The molecule has 2 amide bonds. The number of benzene rings is 1. The zero-order chi connectivity index (χ0) is 19.7. The molecular formula is C21H26N2O3S. The van der Waals surface area contributed by atoms with Crippen molar-refractivity contribution in [1.82, 2.24) is 0 Å². The van der Waals surface area contributed by atoms with Crippen LogP contribution in [-0.2, 0) is 4.74 Å². The number of amides is 2. The maximum atomic E-state index is 13.3. The first-order valence-electron chi connectivity index (χ1n) is 9.32. The van der Waals surface area contributed by atoms with Gasteiger partial charge in [-0.05, 0) is 74.4 Å². The van der Waals surface area contributed by atoms with Gasteiger partial charge in [-0.3, -0.25) is 9.69 Å². The Labute approximate surface area is 164 Å². The summed E-state index contributed by atoms with van der Waals surface area (Å²) in [6.45, 7) is 10.6. The van der Waals surface area contributed by atoms with Crippen LogP contribution in [0, 0.1) is 20.8 Å². The molecule has 3 rings (SSSR count). The summed E-state index contributed by atoms with van der Waals surface area (Å²) in [6, 6.07) is 5.84. The van der Waals surface area contributed by atoms with E-state index in [0.29, 0.717) is 13.2 Å². The predicted molar refractivity (Wildman–Crippen MR) is 110 cm³/mol. The highest BCUT2D eigenvalue weighted by Gasteiger charge is 2.38. The van der Waals surface area contributed by atoms with Crippen LogP contribution >= 0.6 is 11.3 Å². The molecule has 0 spiro atoms. The van der Waals surface area contributed by atoms with Gasteiger partial charge in [0.1, 0.15) is 0 Å². The summed E-state index contributed by atoms with van der Waals surface area (Å²) in [5.74, 6) is -0.00559. The van der Waals surface area contributed by atoms with Crippen molar-refractivity contribution in [2.45, 2.75) is 47.1 Å². The molecule has 0 saturated carbocycles. The number of rotatable bonds is 3. The van der Waals surface area contributed by atoms with Crippen LogP contribution in [0.5, 0.6) is 0 Å². The number of nitrogens with zero attached hydrogens (tertiary/aromatic N) is 2. The van der Waals surface area contributed by atoms with E-state index in [4.69, 9.17) is 4.74 Å². The minimum atomic E-state index is -0.353. The zero-order valence-corrected chi connectivity index (χ0v) is 17.4. The fourth-order valence-electron chi connectivity index (χ4n) is 3.44. The second kappa shape index (κ2) is 7.72. The second-order valence-corrected chi connectivity index (χ2v) is 7.82. The standard InChI is InChI=1S/C21H26N2O3S/c1-6-16-12-22(20(24)19-13(3)8-9-27-19)17-10-14(4)15(5)11-18(17)23(16)21(25)26-7-2/h8-11,16H,6-7,12H2,1-5H3. The number of anilines is 2. The van der Waals surface area contributed by atoms with E-state index in [2.05, 4.69) is 0 Å². The van der Waals surface area contributed by atoms with Crippen molar-refractivity contribution in [2.75, 3.05) is 23.0 Å². The minimum absolute atomic E-state index is 0.00559. The predicted octanol–water partition coefficient (Wildman–Crippen LogP) is 5.08. The third-order valence-corrected chi connectivity index (χ3v) is 6.14. The third kappa shape index (κ3) is 3.46. The molecule has 0 N–H and O–H groups in total. The number of ether oxygens (including phenoxy) is 1. The summed E-state index contributed by atoms with van der Waals surface area (Å²) in [7, 11) is 0. The van der Waals surface area contributed by atoms with E-state index >= 15 is 0 Å². The molecule has 2 aromatic rings. The fourth-order valence-corrected chi connectivity index (χ4v) is 4.31. The molecule has 0 saturated heterocycles. The summed E-state index contributed by atoms with van der Waals surface area (Å²) >= 11 is 1.46. The van der Waals surface area contributed by atoms with Crippen LogP contribution in [0.2, 0.25) is 0 Å². The molecule has 0 bridgehead atoms. The van der Waals surface area contributed by atoms with Crippen LogP contribution in [0.15, 0.2) is 23.6 Å². The molecule has 0 aliphatic carbocycles. The molecule has 0 radical (unpaired) electrons. The SMILES string of the molecule is CCOC(=O)N1c2cc(C)c(C)cc2N(C(=O)c2sccc2C)CC1CC. The fraction of sp³-hybridized carbons (Fsp3) is 0.429. The van der Waals surface area contributed by atoms with Crippen molar-refractivity contribution in [3.63, 3.8) is 0 Å². The molecule has 1 aromatic carbocycles. The van der Waals surface area contributed by atoms with E-state index < -0.39 is 0 Å². The molecule has 1 aromatic heterocycles. The molecule has 6 heteroatoms. The normalized spacial score (nSPS) is 16.3. The van der Waals surface area contributed by atoms with Crippen molar-refractivity contribution in [1.29, 1.82) is 0 Å². The van der Waals surface area contributed by atoms with Gasteiger partial charge >= 0.3 is 6.09 Å². The van der Waals surface area contributed by atoms with Crippen molar-refractivity contribution >= 4 is 34.7 Å². The van der Waals surface area contributed by atoms with Gasteiger partial charge in [0.2, 0.25) is 0 Å². The Morgan fingerprint density at radius 2 is 1.78 bits per heavy atom. The molecular weight excluding hydrogens is 360 g/mol. The second-order valence-electron chi connectivity index (χ2n) is 6.90. The van der Waals surface area contributed by atoms with E-state index in [0.717, 1.165) is 39.4 Å². The summed E-state index contributed by atoms with van der Waals surface area (Å²) in [6.07, 6.45) is 0.381. The molecule has 1 unspecified atom stereocenters. The van der Waals surface area contributed by atoms with E-state index in [1.165, 1.54) is 11.3 Å². The Hall–Kier alpha value is -2.34. The van der Waals surface area contributed by atoms with Crippen LogP contribution in [0.25, 0.3) is 0 Å². The first-order chi connectivity index (χ1) is 12.9. The molecule has 1 aliphatic heterocycles. The van der Waals surface area contributed by atoms with Gasteiger partial charge in [0, 0.05) is 6.54 Å². The van der Waals surface area contributed by atoms with Crippen LogP contribution in [0.4, 0.5) is 16.2 Å². The molecule has 5 nitrogen and oxygen atoms in total. The van der Waals surface area contributed by atoms with Crippen molar-refractivity contribution < 1.29 is 14.3 Å². The molecule has 0 fully saturated rings. The average Bonchev–Trinajstić information content (AvgIpc) is 3.07. The molecule has 2 heterocycles. The van der Waals surface area contributed by atoms with E-state index in [1.54, 1.807) is 11.8 Å². The average molecular weight is 387 g/mol. The molecule has 1 aliphatic rings. The van der Waals surface area contributed by atoms with Crippen LogP contribution < -0.4 is 9.80 Å². The number of aryl methyl sites for hydroxylation is 3. The van der Waals surface area contributed by atoms with E-state index in [1.807, 2.05) is 56.2 Å². The topological polar surface area (TPSA) is 49.9 Å². The van der Waals surface area contributed by atoms with Gasteiger partial charge in [0.15, 0.2) is 0 Å². The highest BCUT2D eigenvalue weighted by atomic mass is 32.1. The Bertz CT molecular complexity index is 874. The maximum Gasteiger partial charge on any atom is 0.414 e. The van der Waals surface area contributed by atoms with Crippen molar-refractivity contribution in [2.24, 2.45) is 0 Å². The molecule has 27 heavy (non-hydrogen) atoms. The lowest BCUT2D eigenvalue weighted by molar-refractivity contribution is 0.0985. The lowest BCUT2D eigenvalue weighted by Gasteiger charge is -2.42. The third-order valence-electron chi connectivity index (χ3n) is 5.14. The smallest absolute Gasteiger partial charge is 0.414 e.